The Morgan fingerprint density at radius 1 is 1.15 bits per heavy atom. The topological polar surface area (TPSA) is 49.3 Å². The van der Waals surface area contributed by atoms with Crippen molar-refractivity contribution in [1.82, 2.24) is 5.32 Å². The number of alkyl halides is 3. The number of nitrogens with one attached hydrogen (secondary N) is 1. The van der Waals surface area contributed by atoms with Gasteiger partial charge in [0.25, 0.3) is 0 Å². The third-order valence-electron chi connectivity index (χ3n) is 4.10. The van der Waals surface area contributed by atoms with Gasteiger partial charge >= 0.3 is 12.1 Å². The van der Waals surface area contributed by atoms with Crippen LogP contribution in [-0.2, 0) is 23.9 Å². The van der Waals surface area contributed by atoms with Gasteiger partial charge in [-0.25, -0.2) is 4.39 Å². The van der Waals surface area contributed by atoms with Crippen LogP contribution >= 0.6 is 0 Å². The average Bonchev–Trinajstić information content (AvgIpc) is 2.60. The first-order chi connectivity index (χ1) is 12.6. The van der Waals surface area contributed by atoms with E-state index in [1.165, 1.54) is 18.2 Å². The molecule has 2 N–H and O–H groups in total. The second-order valence-electron chi connectivity index (χ2n) is 6.08. The molecule has 0 bridgehead atoms. The standard InChI is InChI=1S/C20H19F4NO2/c1-3-12(2)25-11-14-10-15(20(22,23)24)5-6-16(14)17-8-13(9-19(26)27)4-7-18(17)21/h3-8,10,25H,9,11H2,1-2H3,(H,26,27). The Morgan fingerprint density at radius 3 is 2.44 bits per heavy atom. The van der Waals surface area contributed by atoms with Crippen molar-refractivity contribution in [1.29, 1.82) is 0 Å². The Balaban J connectivity index is 2.56. The zero-order valence-corrected chi connectivity index (χ0v) is 14.8. The van der Waals surface area contributed by atoms with Crippen LogP contribution in [0.1, 0.15) is 30.5 Å². The highest BCUT2D eigenvalue weighted by Crippen LogP contribution is 2.34. The van der Waals surface area contributed by atoms with Crippen LogP contribution in [0.15, 0.2) is 48.2 Å². The lowest BCUT2D eigenvalue weighted by molar-refractivity contribution is -0.138. The highest BCUT2D eigenvalue weighted by molar-refractivity contribution is 5.73. The first kappa shape index (κ1) is 20.5. The van der Waals surface area contributed by atoms with E-state index in [0.717, 1.165) is 23.9 Å². The fourth-order valence-corrected chi connectivity index (χ4v) is 2.58. The smallest absolute Gasteiger partial charge is 0.416 e. The molecule has 7 heteroatoms. The number of benzene rings is 2. The summed E-state index contributed by atoms with van der Waals surface area (Å²) in [4.78, 5) is 10.9. The van der Waals surface area contributed by atoms with Crippen molar-refractivity contribution in [3.05, 3.63) is 70.7 Å². The summed E-state index contributed by atoms with van der Waals surface area (Å²) in [7, 11) is 0. The van der Waals surface area contributed by atoms with Crippen LogP contribution in [0.4, 0.5) is 17.6 Å². The van der Waals surface area contributed by atoms with Crippen LogP contribution in [0, 0.1) is 5.82 Å². The van der Waals surface area contributed by atoms with Crippen molar-refractivity contribution < 1.29 is 27.5 Å². The number of rotatable bonds is 6. The van der Waals surface area contributed by atoms with Crippen molar-refractivity contribution in [2.24, 2.45) is 0 Å². The zero-order chi connectivity index (χ0) is 20.2. The van der Waals surface area contributed by atoms with Crippen LogP contribution in [-0.4, -0.2) is 11.1 Å². The van der Waals surface area contributed by atoms with Gasteiger partial charge in [-0.05, 0) is 54.8 Å². The lowest BCUT2D eigenvalue weighted by Crippen LogP contribution is -2.13. The third kappa shape index (κ3) is 5.32. The molecule has 0 saturated heterocycles. The van der Waals surface area contributed by atoms with Crippen molar-refractivity contribution in [3.63, 3.8) is 0 Å². The molecule has 2 aromatic carbocycles. The Labute approximate surface area is 154 Å². The van der Waals surface area contributed by atoms with E-state index in [0.29, 0.717) is 5.56 Å². The molecule has 0 spiro atoms. The van der Waals surface area contributed by atoms with Crippen LogP contribution in [0.2, 0.25) is 0 Å². The highest BCUT2D eigenvalue weighted by atomic mass is 19.4. The van der Waals surface area contributed by atoms with Gasteiger partial charge in [-0.15, -0.1) is 0 Å². The summed E-state index contributed by atoms with van der Waals surface area (Å²) < 4.78 is 53.6. The van der Waals surface area contributed by atoms with E-state index in [4.69, 9.17) is 5.11 Å². The Hall–Kier alpha value is -2.83. The van der Waals surface area contributed by atoms with Crippen LogP contribution in [0.25, 0.3) is 11.1 Å². The maximum atomic E-state index is 14.4. The molecule has 0 atom stereocenters. The summed E-state index contributed by atoms with van der Waals surface area (Å²) in [6, 6.07) is 6.92. The van der Waals surface area contributed by atoms with Crippen molar-refractivity contribution in [2.75, 3.05) is 0 Å². The monoisotopic (exact) mass is 381 g/mol. The van der Waals surface area contributed by atoms with Gasteiger partial charge in [-0.2, -0.15) is 13.2 Å². The molecule has 3 nitrogen and oxygen atoms in total. The van der Waals surface area contributed by atoms with E-state index >= 15 is 0 Å². The van der Waals surface area contributed by atoms with E-state index in [1.807, 2.05) is 0 Å². The Morgan fingerprint density at radius 2 is 1.85 bits per heavy atom. The number of carboxylic acids is 1. The predicted molar refractivity (Wildman–Crippen MR) is 94.4 cm³/mol. The van der Waals surface area contributed by atoms with Gasteiger partial charge in [0, 0.05) is 17.8 Å². The molecule has 0 heterocycles. The summed E-state index contributed by atoms with van der Waals surface area (Å²) in [5.41, 5.74) is 0.906. The SMILES string of the molecule is CC=C(C)NCc1cc(C(F)(F)F)ccc1-c1cc(CC(=O)O)ccc1F. The first-order valence-corrected chi connectivity index (χ1v) is 8.19. The highest BCUT2D eigenvalue weighted by Gasteiger charge is 2.31. The van der Waals surface area contributed by atoms with Gasteiger partial charge in [-0.1, -0.05) is 18.2 Å². The maximum absolute atomic E-state index is 14.4. The number of hydrogen-bond donors (Lipinski definition) is 2. The third-order valence-corrected chi connectivity index (χ3v) is 4.10. The molecular weight excluding hydrogens is 362 g/mol. The van der Waals surface area contributed by atoms with Crippen molar-refractivity contribution >= 4 is 5.97 Å². The lowest BCUT2D eigenvalue weighted by atomic mass is 9.95. The first-order valence-electron chi connectivity index (χ1n) is 8.19. The average molecular weight is 381 g/mol. The number of halogens is 4. The molecular formula is C20H19F4NO2. The molecule has 0 unspecified atom stereocenters. The minimum absolute atomic E-state index is 0.0670. The number of carbonyl (C=O) groups is 1. The Kier molecular flexibility index (Phi) is 6.25. The minimum Gasteiger partial charge on any atom is -0.481 e. The molecule has 0 radical (unpaired) electrons. The summed E-state index contributed by atoms with van der Waals surface area (Å²) in [6.07, 6.45) is -3.06. The molecule has 0 aliphatic heterocycles. The minimum atomic E-state index is -4.52. The second kappa shape index (κ2) is 8.24. The van der Waals surface area contributed by atoms with Crippen molar-refractivity contribution in [2.45, 2.75) is 33.0 Å². The van der Waals surface area contributed by atoms with Crippen LogP contribution < -0.4 is 5.32 Å². The molecule has 0 amide bonds. The number of carboxylic acid groups (broad SMARTS) is 1. The number of allylic oxidation sites excluding steroid dienone is 2. The predicted octanol–water partition coefficient (Wildman–Crippen LogP) is 5.15. The maximum Gasteiger partial charge on any atom is 0.416 e. The van der Waals surface area contributed by atoms with Crippen LogP contribution in [0.3, 0.4) is 0 Å². The van der Waals surface area contributed by atoms with Crippen LogP contribution in [0.5, 0.6) is 0 Å². The van der Waals surface area contributed by atoms with E-state index in [-0.39, 0.29) is 29.7 Å². The van der Waals surface area contributed by atoms with Gasteiger partial charge in [0.1, 0.15) is 5.82 Å². The molecule has 0 aromatic heterocycles. The lowest BCUT2D eigenvalue weighted by Gasteiger charge is -2.16. The molecule has 2 rings (SSSR count). The summed E-state index contributed by atoms with van der Waals surface area (Å²) in [5.74, 6) is -1.71. The molecule has 2 aromatic rings. The zero-order valence-electron chi connectivity index (χ0n) is 14.8. The summed E-state index contributed by atoms with van der Waals surface area (Å²) >= 11 is 0. The fraction of sp³-hybridized carbons (Fsp3) is 0.250. The normalized spacial score (nSPS) is 12.1. The van der Waals surface area contributed by atoms with E-state index in [2.05, 4.69) is 5.32 Å². The number of hydrogen-bond acceptors (Lipinski definition) is 2. The number of aliphatic carboxylic acids is 1. The largest absolute Gasteiger partial charge is 0.481 e. The van der Waals surface area contributed by atoms with E-state index in [9.17, 15) is 22.4 Å². The Bertz CT molecular complexity index is 873. The van der Waals surface area contributed by atoms with Gasteiger partial charge in [-0.3, -0.25) is 4.79 Å². The fourth-order valence-electron chi connectivity index (χ4n) is 2.58. The quantitative estimate of drug-likeness (QED) is 0.680. The molecule has 0 aliphatic carbocycles. The summed E-state index contributed by atoms with van der Waals surface area (Å²) in [6.45, 7) is 3.61. The van der Waals surface area contributed by atoms with E-state index < -0.39 is 23.5 Å². The van der Waals surface area contributed by atoms with Gasteiger partial charge in [0.2, 0.25) is 0 Å². The molecule has 0 saturated carbocycles. The van der Waals surface area contributed by atoms with Gasteiger partial charge in [0.05, 0.1) is 12.0 Å². The second-order valence-corrected chi connectivity index (χ2v) is 6.08. The molecule has 144 valence electrons. The van der Waals surface area contributed by atoms with Gasteiger partial charge in [0.15, 0.2) is 0 Å². The van der Waals surface area contributed by atoms with E-state index in [1.54, 1.807) is 19.9 Å². The van der Waals surface area contributed by atoms with Gasteiger partial charge < -0.3 is 10.4 Å². The summed E-state index contributed by atoms with van der Waals surface area (Å²) in [5, 5.41) is 11.9. The molecule has 0 fully saturated rings. The molecule has 0 aliphatic rings. The van der Waals surface area contributed by atoms with Crippen molar-refractivity contribution in [3.8, 4) is 11.1 Å². The molecule has 27 heavy (non-hydrogen) atoms.